The van der Waals surface area contributed by atoms with Gasteiger partial charge in [-0.1, -0.05) is 18.6 Å². The number of piperidine rings is 1. The van der Waals surface area contributed by atoms with Crippen molar-refractivity contribution in [1.82, 2.24) is 4.90 Å². The molecule has 0 saturated carbocycles. The molecule has 0 aliphatic carbocycles. The highest BCUT2D eigenvalue weighted by atomic mass is 16.5. The maximum atomic E-state index is 11.7. The lowest BCUT2D eigenvalue weighted by Gasteiger charge is -2.37. The summed E-state index contributed by atoms with van der Waals surface area (Å²) < 4.78 is 5.19. The third-order valence-corrected chi connectivity index (χ3v) is 3.83. The van der Waals surface area contributed by atoms with Crippen LogP contribution in [-0.4, -0.2) is 35.7 Å². The highest BCUT2D eigenvalue weighted by Crippen LogP contribution is 2.30. The second kappa shape index (κ2) is 6.06. The number of hydrogen-bond donors (Lipinski definition) is 1. The molecule has 0 radical (unpaired) electrons. The van der Waals surface area contributed by atoms with Crippen LogP contribution in [0.4, 0.5) is 0 Å². The highest BCUT2D eigenvalue weighted by molar-refractivity contribution is 5.75. The quantitative estimate of drug-likeness (QED) is 0.907. The second-order valence-electron chi connectivity index (χ2n) is 5.10. The Bertz CT molecular complexity index is 447. The fourth-order valence-electron chi connectivity index (χ4n) is 2.79. The zero-order chi connectivity index (χ0) is 13.8. The molecule has 1 aliphatic rings. The van der Waals surface area contributed by atoms with Crippen LogP contribution < -0.4 is 4.74 Å². The van der Waals surface area contributed by atoms with Gasteiger partial charge in [0.05, 0.1) is 7.11 Å². The summed E-state index contributed by atoms with van der Waals surface area (Å²) in [6.07, 6.45) is 3.31. The average molecular weight is 263 g/mol. The predicted molar refractivity (Wildman–Crippen MR) is 73.4 cm³/mol. The molecule has 2 rings (SSSR count). The summed E-state index contributed by atoms with van der Waals surface area (Å²) in [6, 6.07) is 7.09. The molecular weight excluding hydrogens is 242 g/mol. The van der Waals surface area contributed by atoms with Gasteiger partial charge in [-0.05, 0) is 44.0 Å². The third-order valence-electron chi connectivity index (χ3n) is 3.83. The Hall–Kier alpha value is -1.55. The van der Waals surface area contributed by atoms with Gasteiger partial charge in [0.1, 0.15) is 11.8 Å². The first kappa shape index (κ1) is 13.9. The van der Waals surface area contributed by atoms with E-state index in [1.807, 2.05) is 24.3 Å². The fraction of sp³-hybridized carbons (Fsp3) is 0.533. The van der Waals surface area contributed by atoms with Crippen molar-refractivity contribution in [2.45, 2.75) is 38.3 Å². The summed E-state index contributed by atoms with van der Waals surface area (Å²) in [4.78, 5) is 13.7. The molecule has 4 nitrogen and oxygen atoms in total. The molecule has 1 fully saturated rings. The van der Waals surface area contributed by atoms with Gasteiger partial charge in [-0.25, -0.2) is 0 Å². The second-order valence-corrected chi connectivity index (χ2v) is 5.10. The van der Waals surface area contributed by atoms with Crippen molar-refractivity contribution in [2.24, 2.45) is 0 Å². The van der Waals surface area contributed by atoms with Gasteiger partial charge in [0.15, 0.2) is 0 Å². The van der Waals surface area contributed by atoms with Gasteiger partial charge in [0, 0.05) is 6.04 Å². The topological polar surface area (TPSA) is 49.8 Å². The largest absolute Gasteiger partial charge is 0.497 e. The van der Waals surface area contributed by atoms with E-state index < -0.39 is 12.0 Å². The van der Waals surface area contributed by atoms with Gasteiger partial charge < -0.3 is 9.84 Å². The molecule has 2 unspecified atom stereocenters. The van der Waals surface area contributed by atoms with Crippen LogP contribution in [0.1, 0.15) is 37.8 Å². The first-order valence-corrected chi connectivity index (χ1v) is 6.76. The van der Waals surface area contributed by atoms with Crippen molar-refractivity contribution in [2.75, 3.05) is 13.7 Å². The Morgan fingerprint density at radius 3 is 2.89 bits per heavy atom. The number of rotatable bonds is 4. The Morgan fingerprint density at radius 2 is 2.26 bits per heavy atom. The maximum absolute atomic E-state index is 11.7. The Kier molecular flexibility index (Phi) is 4.43. The summed E-state index contributed by atoms with van der Waals surface area (Å²) in [5.74, 6) is -0.0876. The predicted octanol–water partition coefficient (Wildman–Crippen LogP) is 2.70. The van der Waals surface area contributed by atoms with Crippen molar-refractivity contribution in [1.29, 1.82) is 0 Å². The number of aliphatic carboxylic acids is 1. The van der Waals surface area contributed by atoms with E-state index in [0.29, 0.717) is 11.8 Å². The summed E-state index contributed by atoms with van der Waals surface area (Å²) in [7, 11) is 1.60. The monoisotopic (exact) mass is 263 g/mol. The zero-order valence-corrected chi connectivity index (χ0v) is 11.5. The number of hydrogen-bond acceptors (Lipinski definition) is 3. The van der Waals surface area contributed by atoms with E-state index in [0.717, 1.165) is 24.9 Å². The fourth-order valence-corrected chi connectivity index (χ4v) is 2.79. The first-order valence-electron chi connectivity index (χ1n) is 6.76. The van der Waals surface area contributed by atoms with Crippen LogP contribution in [-0.2, 0) is 4.79 Å². The maximum Gasteiger partial charge on any atom is 0.325 e. The molecule has 4 heteroatoms. The van der Waals surface area contributed by atoms with Gasteiger partial charge in [0.2, 0.25) is 0 Å². The SMILES string of the molecule is COc1cccc(C(C(=O)O)N2CCCCC2C)c1. The molecule has 1 heterocycles. The summed E-state index contributed by atoms with van der Waals surface area (Å²) in [5.41, 5.74) is 0.792. The van der Waals surface area contributed by atoms with E-state index in [9.17, 15) is 9.90 Å². The molecule has 1 aliphatic heterocycles. The molecule has 19 heavy (non-hydrogen) atoms. The zero-order valence-electron chi connectivity index (χ0n) is 11.5. The van der Waals surface area contributed by atoms with E-state index in [2.05, 4.69) is 11.8 Å². The molecule has 104 valence electrons. The van der Waals surface area contributed by atoms with Crippen molar-refractivity contribution < 1.29 is 14.6 Å². The number of carbonyl (C=O) groups is 1. The number of likely N-dealkylation sites (tertiary alicyclic amines) is 1. The molecule has 0 aromatic heterocycles. The number of carboxylic acid groups (broad SMARTS) is 1. The van der Waals surface area contributed by atoms with Gasteiger partial charge in [-0.2, -0.15) is 0 Å². The smallest absolute Gasteiger partial charge is 0.325 e. The number of benzene rings is 1. The number of nitrogens with zero attached hydrogens (tertiary/aromatic N) is 1. The van der Waals surface area contributed by atoms with Gasteiger partial charge in [-0.15, -0.1) is 0 Å². The molecule has 1 aromatic rings. The van der Waals surface area contributed by atoms with Crippen LogP contribution in [0.2, 0.25) is 0 Å². The molecule has 2 atom stereocenters. The minimum absolute atomic E-state index is 0.307. The molecule has 0 amide bonds. The highest BCUT2D eigenvalue weighted by Gasteiger charge is 2.32. The Morgan fingerprint density at radius 1 is 1.47 bits per heavy atom. The van der Waals surface area contributed by atoms with Gasteiger partial charge in [-0.3, -0.25) is 9.69 Å². The minimum atomic E-state index is -0.790. The minimum Gasteiger partial charge on any atom is -0.497 e. The van der Waals surface area contributed by atoms with E-state index in [4.69, 9.17) is 4.74 Å². The standard InChI is InChI=1S/C15H21NO3/c1-11-6-3-4-9-16(11)14(15(17)18)12-7-5-8-13(10-12)19-2/h5,7-8,10-11,14H,3-4,6,9H2,1-2H3,(H,17,18). The molecule has 0 spiro atoms. The lowest BCUT2D eigenvalue weighted by atomic mass is 9.97. The van der Waals surface area contributed by atoms with Crippen LogP contribution in [0.15, 0.2) is 24.3 Å². The van der Waals surface area contributed by atoms with E-state index in [1.165, 1.54) is 6.42 Å². The third kappa shape index (κ3) is 3.07. The summed E-state index contributed by atoms with van der Waals surface area (Å²) in [5, 5.41) is 9.58. The normalized spacial score (nSPS) is 21.9. The van der Waals surface area contributed by atoms with Gasteiger partial charge in [0.25, 0.3) is 0 Å². The molecule has 1 aromatic carbocycles. The first-order chi connectivity index (χ1) is 9.13. The van der Waals surface area contributed by atoms with Crippen LogP contribution in [0.3, 0.4) is 0 Å². The number of carboxylic acids is 1. The van der Waals surface area contributed by atoms with Crippen molar-refractivity contribution in [3.05, 3.63) is 29.8 Å². The summed E-state index contributed by atoms with van der Waals surface area (Å²) >= 11 is 0. The molecule has 0 bridgehead atoms. The van der Waals surface area contributed by atoms with Crippen molar-refractivity contribution in [3.8, 4) is 5.75 Å². The Balaban J connectivity index is 2.30. The Labute approximate surface area is 114 Å². The molecule has 1 N–H and O–H groups in total. The molecule has 1 saturated heterocycles. The van der Waals surface area contributed by atoms with Crippen LogP contribution in [0, 0.1) is 0 Å². The van der Waals surface area contributed by atoms with Crippen molar-refractivity contribution in [3.63, 3.8) is 0 Å². The van der Waals surface area contributed by atoms with Crippen LogP contribution in [0.25, 0.3) is 0 Å². The van der Waals surface area contributed by atoms with E-state index in [-0.39, 0.29) is 0 Å². The van der Waals surface area contributed by atoms with Crippen molar-refractivity contribution >= 4 is 5.97 Å². The van der Waals surface area contributed by atoms with E-state index in [1.54, 1.807) is 7.11 Å². The number of ether oxygens (including phenoxy) is 1. The molecular formula is C15H21NO3. The average Bonchev–Trinajstić information content (AvgIpc) is 2.41. The van der Waals surface area contributed by atoms with E-state index >= 15 is 0 Å². The lowest BCUT2D eigenvalue weighted by Crippen LogP contribution is -2.43. The summed E-state index contributed by atoms with van der Waals surface area (Å²) in [6.45, 7) is 2.95. The number of methoxy groups -OCH3 is 1. The van der Waals surface area contributed by atoms with Crippen LogP contribution >= 0.6 is 0 Å². The van der Waals surface area contributed by atoms with Crippen LogP contribution in [0.5, 0.6) is 5.75 Å². The lowest BCUT2D eigenvalue weighted by molar-refractivity contribution is -0.145. The van der Waals surface area contributed by atoms with Gasteiger partial charge >= 0.3 is 5.97 Å².